The summed E-state index contributed by atoms with van der Waals surface area (Å²) in [6.07, 6.45) is 3.07. The van der Waals surface area contributed by atoms with E-state index in [9.17, 15) is 4.79 Å². The molecule has 0 aliphatic carbocycles. The van der Waals surface area contributed by atoms with Crippen LogP contribution in [0.5, 0.6) is 0 Å². The first kappa shape index (κ1) is 11.7. The van der Waals surface area contributed by atoms with Crippen LogP contribution in [0.15, 0.2) is 0 Å². The molecular formula is C11H22N2O. The van der Waals surface area contributed by atoms with Crippen molar-refractivity contribution < 1.29 is 4.79 Å². The Labute approximate surface area is 86.9 Å². The fourth-order valence-electron chi connectivity index (χ4n) is 1.99. The number of carbonyl (C=O) groups excluding carboxylic acids is 1. The second-order valence-corrected chi connectivity index (χ2v) is 4.21. The van der Waals surface area contributed by atoms with E-state index in [1.807, 2.05) is 0 Å². The zero-order chi connectivity index (χ0) is 10.4. The van der Waals surface area contributed by atoms with Crippen LogP contribution in [-0.4, -0.2) is 43.9 Å². The molecule has 1 rings (SSSR count). The Morgan fingerprint density at radius 2 is 1.86 bits per heavy atom. The van der Waals surface area contributed by atoms with E-state index in [-0.39, 0.29) is 5.41 Å². The lowest BCUT2D eigenvalue weighted by atomic mass is 9.83. The zero-order valence-electron chi connectivity index (χ0n) is 9.38. The van der Waals surface area contributed by atoms with Crippen LogP contribution in [0, 0.1) is 5.41 Å². The number of nitrogens with one attached hydrogen (secondary N) is 1. The van der Waals surface area contributed by atoms with E-state index in [1.54, 1.807) is 0 Å². The fraction of sp³-hybridized carbons (Fsp3) is 0.909. The van der Waals surface area contributed by atoms with E-state index in [1.165, 1.54) is 0 Å². The minimum absolute atomic E-state index is 0.0999. The van der Waals surface area contributed by atoms with Crippen LogP contribution < -0.4 is 5.32 Å². The Morgan fingerprint density at radius 1 is 1.29 bits per heavy atom. The lowest BCUT2D eigenvalue weighted by molar-refractivity contribution is -0.117. The van der Waals surface area contributed by atoms with E-state index < -0.39 is 0 Å². The van der Waals surface area contributed by atoms with Gasteiger partial charge in [-0.25, -0.2) is 0 Å². The van der Waals surface area contributed by atoms with Crippen LogP contribution in [0.4, 0.5) is 0 Å². The summed E-state index contributed by atoms with van der Waals surface area (Å²) in [4.78, 5) is 13.5. The summed E-state index contributed by atoms with van der Waals surface area (Å²) in [6.45, 7) is 9.43. The summed E-state index contributed by atoms with van der Waals surface area (Å²) in [5, 5.41) is 3.32. The molecule has 14 heavy (non-hydrogen) atoms. The van der Waals surface area contributed by atoms with Gasteiger partial charge in [-0.1, -0.05) is 13.8 Å². The van der Waals surface area contributed by atoms with Crippen LogP contribution in [0.1, 0.15) is 26.7 Å². The fourth-order valence-corrected chi connectivity index (χ4v) is 1.99. The number of nitrogens with zero attached hydrogens (tertiary/aromatic N) is 1. The van der Waals surface area contributed by atoms with Crippen molar-refractivity contribution in [3.05, 3.63) is 0 Å². The van der Waals surface area contributed by atoms with E-state index in [0.717, 1.165) is 51.9 Å². The van der Waals surface area contributed by atoms with Gasteiger partial charge in [-0.2, -0.15) is 0 Å². The van der Waals surface area contributed by atoms with Crippen molar-refractivity contribution in [1.82, 2.24) is 10.2 Å². The molecule has 0 aromatic rings. The van der Waals surface area contributed by atoms with Crippen molar-refractivity contribution in [1.29, 1.82) is 0 Å². The van der Waals surface area contributed by atoms with Crippen molar-refractivity contribution in [2.24, 2.45) is 5.41 Å². The molecule has 0 aromatic carbocycles. The Balaban J connectivity index is 2.48. The Morgan fingerprint density at radius 3 is 2.29 bits per heavy atom. The van der Waals surface area contributed by atoms with Crippen molar-refractivity contribution in [3.63, 3.8) is 0 Å². The van der Waals surface area contributed by atoms with Gasteiger partial charge in [-0.05, 0) is 12.8 Å². The molecule has 3 nitrogen and oxygen atoms in total. The van der Waals surface area contributed by atoms with Crippen LogP contribution in [0.2, 0.25) is 0 Å². The first-order valence-corrected chi connectivity index (χ1v) is 5.66. The summed E-state index contributed by atoms with van der Waals surface area (Å²) in [5.41, 5.74) is -0.0999. The van der Waals surface area contributed by atoms with Gasteiger partial charge in [-0.3, -0.25) is 4.90 Å². The normalized spacial score (nSPS) is 19.6. The number of hydrogen-bond acceptors (Lipinski definition) is 3. The molecule has 1 aliphatic rings. The average molecular weight is 198 g/mol. The minimum Gasteiger partial charge on any atom is -0.314 e. The van der Waals surface area contributed by atoms with Gasteiger partial charge in [0.25, 0.3) is 0 Å². The van der Waals surface area contributed by atoms with Crippen molar-refractivity contribution >= 4 is 6.29 Å². The van der Waals surface area contributed by atoms with Gasteiger partial charge >= 0.3 is 0 Å². The maximum atomic E-state index is 11.1. The first-order valence-electron chi connectivity index (χ1n) is 5.66. The second-order valence-electron chi connectivity index (χ2n) is 4.21. The second kappa shape index (κ2) is 5.47. The van der Waals surface area contributed by atoms with Gasteiger partial charge in [0, 0.05) is 38.1 Å². The molecule has 0 atom stereocenters. The molecule has 1 N–H and O–H groups in total. The summed E-state index contributed by atoms with van der Waals surface area (Å²) < 4.78 is 0. The molecule has 3 heteroatoms. The average Bonchev–Trinajstić information content (AvgIpc) is 2.28. The SMILES string of the molecule is CCC(C=O)(CC)CN1CCNCC1. The molecular weight excluding hydrogens is 176 g/mol. The monoisotopic (exact) mass is 198 g/mol. The maximum Gasteiger partial charge on any atom is 0.127 e. The predicted octanol–water partition coefficient (Wildman–Crippen LogP) is 0.897. The third-order valence-electron chi connectivity index (χ3n) is 3.41. The molecule has 0 bridgehead atoms. The van der Waals surface area contributed by atoms with Crippen molar-refractivity contribution in [2.45, 2.75) is 26.7 Å². The summed E-state index contributed by atoms with van der Waals surface area (Å²) >= 11 is 0. The van der Waals surface area contributed by atoms with Gasteiger partial charge in [0.05, 0.1) is 0 Å². The lowest BCUT2D eigenvalue weighted by Gasteiger charge is -2.35. The van der Waals surface area contributed by atoms with Crippen LogP contribution in [0.25, 0.3) is 0 Å². The third kappa shape index (κ3) is 2.79. The predicted molar refractivity (Wildman–Crippen MR) is 58.4 cm³/mol. The van der Waals surface area contributed by atoms with Gasteiger partial charge in [0.2, 0.25) is 0 Å². The molecule has 82 valence electrons. The summed E-state index contributed by atoms with van der Waals surface area (Å²) in [6, 6.07) is 0. The molecule has 0 amide bonds. The van der Waals surface area contributed by atoms with Crippen LogP contribution >= 0.6 is 0 Å². The van der Waals surface area contributed by atoms with E-state index >= 15 is 0 Å². The van der Waals surface area contributed by atoms with E-state index in [0.29, 0.717) is 0 Å². The highest BCUT2D eigenvalue weighted by atomic mass is 16.1. The molecule has 0 radical (unpaired) electrons. The summed E-state index contributed by atoms with van der Waals surface area (Å²) in [5.74, 6) is 0. The molecule has 0 aromatic heterocycles. The Bertz CT molecular complexity index is 172. The molecule has 0 spiro atoms. The van der Waals surface area contributed by atoms with Crippen molar-refractivity contribution in [2.75, 3.05) is 32.7 Å². The number of carbonyl (C=O) groups is 1. The largest absolute Gasteiger partial charge is 0.314 e. The van der Waals surface area contributed by atoms with E-state index in [4.69, 9.17) is 0 Å². The van der Waals surface area contributed by atoms with Gasteiger partial charge in [0.1, 0.15) is 6.29 Å². The molecule has 1 saturated heterocycles. The number of rotatable bonds is 5. The maximum absolute atomic E-state index is 11.1. The topological polar surface area (TPSA) is 32.3 Å². The van der Waals surface area contributed by atoms with Gasteiger partial charge in [0.15, 0.2) is 0 Å². The minimum atomic E-state index is -0.0999. The molecule has 1 heterocycles. The smallest absolute Gasteiger partial charge is 0.127 e. The number of aldehydes is 1. The zero-order valence-corrected chi connectivity index (χ0v) is 9.38. The van der Waals surface area contributed by atoms with Crippen LogP contribution in [-0.2, 0) is 4.79 Å². The quantitative estimate of drug-likeness (QED) is 0.666. The lowest BCUT2D eigenvalue weighted by Crippen LogP contribution is -2.48. The Kier molecular flexibility index (Phi) is 4.55. The highest BCUT2D eigenvalue weighted by Gasteiger charge is 2.28. The molecule has 0 unspecified atom stereocenters. The highest BCUT2D eigenvalue weighted by molar-refractivity contribution is 5.59. The molecule has 1 fully saturated rings. The van der Waals surface area contributed by atoms with Gasteiger partial charge < -0.3 is 10.1 Å². The van der Waals surface area contributed by atoms with Gasteiger partial charge in [-0.15, -0.1) is 0 Å². The van der Waals surface area contributed by atoms with E-state index in [2.05, 4.69) is 24.1 Å². The molecule has 1 aliphatic heterocycles. The number of hydrogen-bond donors (Lipinski definition) is 1. The third-order valence-corrected chi connectivity index (χ3v) is 3.41. The first-order chi connectivity index (χ1) is 6.76. The standard InChI is InChI=1S/C11H22N2O/c1-3-11(4-2,10-14)9-13-7-5-12-6-8-13/h10,12H,3-9H2,1-2H3. The Hall–Kier alpha value is -0.410. The number of piperazine rings is 1. The van der Waals surface area contributed by atoms with Crippen LogP contribution in [0.3, 0.4) is 0 Å². The molecule has 0 saturated carbocycles. The highest BCUT2D eigenvalue weighted by Crippen LogP contribution is 2.24. The summed E-state index contributed by atoms with van der Waals surface area (Å²) in [7, 11) is 0. The van der Waals surface area contributed by atoms with Crippen molar-refractivity contribution in [3.8, 4) is 0 Å².